The number of hydrogen-bond acceptors (Lipinski definition) is 7. The number of benzene rings is 2. The second-order valence-electron chi connectivity index (χ2n) is 8.01. The van der Waals surface area contributed by atoms with E-state index in [-0.39, 0.29) is 11.7 Å². The summed E-state index contributed by atoms with van der Waals surface area (Å²) in [6.07, 6.45) is 2.29. The third-order valence-electron chi connectivity index (χ3n) is 5.47. The summed E-state index contributed by atoms with van der Waals surface area (Å²) >= 11 is 1.37. The molecule has 1 aromatic heterocycles. The van der Waals surface area contributed by atoms with Gasteiger partial charge in [-0.2, -0.15) is 0 Å². The molecular formula is C25H31N5O3S. The van der Waals surface area contributed by atoms with Crippen molar-refractivity contribution in [2.24, 2.45) is 0 Å². The Morgan fingerprint density at radius 2 is 1.76 bits per heavy atom. The molecule has 9 heteroatoms. The van der Waals surface area contributed by atoms with E-state index in [2.05, 4.69) is 51.6 Å². The van der Waals surface area contributed by atoms with Crippen LogP contribution in [-0.2, 0) is 4.79 Å². The SMILES string of the molecule is CCOc1ccc(OCC)c(NC(=O)CSc2nnc(N3CCCC3)n2-c2ccc(C)cc2)c1. The van der Waals surface area contributed by atoms with Crippen LogP contribution in [0.1, 0.15) is 32.3 Å². The average Bonchev–Trinajstić information content (AvgIpc) is 3.50. The number of hydrogen-bond donors (Lipinski definition) is 1. The Morgan fingerprint density at radius 1 is 1.03 bits per heavy atom. The van der Waals surface area contributed by atoms with Crippen molar-refractivity contribution in [1.82, 2.24) is 14.8 Å². The van der Waals surface area contributed by atoms with Crippen molar-refractivity contribution in [1.29, 1.82) is 0 Å². The van der Waals surface area contributed by atoms with Gasteiger partial charge < -0.3 is 19.7 Å². The van der Waals surface area contributed by atoms with Crippen LogP contribution in [0.15, 0.2) is 47.6 Å². The van der Waals surface area contributed by atoms with Crippen LogP contribution < -0.4 is 19.7 Å². The molecule has 1 N–H and O–H groups in total. The summed E-state index contributed by atoms with van der Waals surface area (Å²) in [7, 11) is 0. The lowest BCUT2D eigenvalue weighted by atomic mass is 10.2. The molecule has 1 aliphatic rings. The first-order valence-corrected chi connectivity index (χ1v) is 12.7. The van der Waals surface area contributed by atoms with E-state index in [1.165, 1.54) is 17.3 Å². The predicted molar refractivity (Wildman–Crippen MR) is 136 cm³/mol. The summed E-state index contributed by atoms with van der Waals surface area (Å²) < 4.78 is 13.3. The Morgan fingerprint density at radius 3 is 2.47 bits per heavy atom. The molecule has 0 atom stereocenters. The monoisotopic (exact) mass is 481 g/mol. The van der Waals surface area contributed by atoms with Crippen molar-refractivity contribution in [3.8, 4) is 17.2 Å². The van der Waals surface area contributed by atoms with Crippen molar-refractivity contribution >= 4 is 29.3 Å². The summed E-state index contributed by atoms with van der Waals surface area (Å²) in [6.45, 7) is 8.88. The smallest absolute Gasteiger partial charge is 0.234 e. The van der Waals surface area contributed by atoms with Crippen LogP contribution in [0, 0.1) is 6.92 Å². The highest BCUT2D eigenvalue weighted by Crippen LogP contribution is 2.31. The van der Waals surface area contributed by atoms with Crippen LogP contribution in [-0.4, -0.2) is 52.7 Å². The lowest BCUT2D eigenvalue weighted by molar-refractivity contribution is -0.113. The highest BCUT2D eigenvalue weighted by atomic mass is 32.2. The Labute approximate surface area is 204 Å². The van der Waals surface area contributed by atoms with E-state index in [9.17, 15) is 4.79 Å². The van der Waals surface area contributed by atoms with E-state index in [0.717, 1.165) is 37.6 Å². The van der Waals surface area contributed by atoms with E-state index in [1.54, 1.807) is 6.07 Å². The number of aromatic nitrogens is 3. The predicted octanol–water partition coefficient (Wildman–Crippen LogP) is 4.70. The van der Waals surface area contributed by atoms with Crippen LogP contribution in [0.5, 0.6) is 11.5 Å². The molecule has 1 amide bonds. The van der Waals surface area contributed by atoms with Crippen LogP contribution >= 0.6 is 11.8 Å². The molecule has 0 radical (unpaired) electrons. The van der Waals surface area contributed by atoms with Gasteiger partial charge >= 0.3 is 0 Å². The summed E-state index contributed by atoms with van der Waals surface area (Å²) in [5.74, 6) is 2.16. The van der Waals surface area contributed by atoms with Gasteiger partial charge in [0.2, 0.25) is 11.9 Å². The number of ether oxygens (including phenoxy) is 2. The molecule has 3 aromatic rings. The van der Waals surface area contributed by atoms with E-state index in [4.69, 9.17) is 9.47 Å². The van der Waals surface area contributed by atoms with Gasteiger partial charge in [-0.25, -0.2) is 0 Å². The Kier molecular flexibility index (Phi) is 7.95. The third kappa shape index (κ3) is 5.64. The van der Waals surface area contributed by atoms with E-state index < -0.39 is 0 Å². The number of amides is 1. The van der Waals surface area contributed by atoms with Gasteiger partial charge in [-0.05, 0) is 57.9 Å². The van der Waals surface area contributed by atoms with Crippen molar-refractivity contribution in [2.75, 3.05) is 42.3 Å². The number of nitrogens with one attached hydrogen (secondary N) is 1. The number of aryl methyl sites for hydroxylation is 1. The molecule has 8 nitrogen and oxygen atoms in total. The molecule has 0 aliphatic carbocycles. The van der Waals surface area contributed by atoms with Crippen LogP contribution in [0.4, 0.5) is 11.6 Å². The largest absolute Gasteiger partial charge is 0.494 e. The third-order valence-corrected chi connectivity index (χ3v) is 6.39. The summed E-state index contributed by atoms with van der Waals surface area (Å²) in [5.41, 5.74) is 2.77. The van der Waals surface area contributed by atoms with E-state index in [1.807, 2.05) is 30.5 Å². The van der Waals surface area contributed by atoms with Crippen molar-refractivity contribution < 1.29 is 14.3 Å². The molecule has 4 rings (SSSR count). The second-order valence-corrected chi connectivity index (χ2v) is 8.95. The molecule has 2 aromatic carbocycles. The maximum absolute atomic E-state index is 12.9. The maximum Gasteiger partial charge on any atom is 0.234 e. The Bertz CT molecular complexity index is 1110. The highest BCUT2D eigenvalue weighted by molar-refractivity contribution is 7.99. The second kappa shape index (κ2) is 11.3. The first-order valence-electron chi connectivity index (χ1n) is 11.7. The zero-order valence-electron chi connectivity index (χ0n) is 19.9. The summed E-state index contributed by atoms with van der Waals surface area (Å²) in [4.78, 5) is 15.1. The quantitative estimate of drug-likeness (QED) is 0.420. The van der Waals surface area contributed by atoms with Crippen molar-refractivity contribution in [3.05, 3.63) is 48.0 Å². The topological polar surface area (TPSA) is 81.5 Å². The van der Waals surface area contributed by atoms with Crippen LogP contribution in [0.2, 0.25) is 0 Å². The number of nitrogens with zero attached hydrogens (tertiary/aromatic N) is 4. The Balaban J connectivity index is 1.52. The minimum Gasteiger partial charge on any atom is -0.494 e. The average molecular weight is 482 g/mol. The normalized spacial score (nSPS) is 13.2. The highest BCUT2D eigenvalue weighted by Gasteiger charge is 2.23. The van der Waals surface area contributed by atoms with Crippen molar-refractivity contribution in [3.63, 3.8) is 0 Å². The van der Waals surface area contributed by atoms with Gasteiger partial charge in [0.1, 0.15) is 11.5 Å². The van der Waals surface area contributed by atoms with Crippen molar-refractivity contribution in [2.45, 2.75) is 38.8 Å². The fourth-order valence-corrected chi connectivity index (χ4v) is 4.61. The first-order chi connectivity index (χ1) is 16.6. The molecule has 1 saturated heterocycles. The first kappa shape index (κ1) is 23.9. The van der Waals surface area contributed by atoms with Gasteiger partial charge in [0.15, 0.2) is 5.16 Å². The Hall–Kier alpha value is -3.20. The molecule has 2 heterocycles. The molecule has 0 bridgehead atoms. The molecule has 34 heavy (non-hydrogen) atoms. The maximum atomic E-state index is 12.9. The minimum atomic E-state index is -0.152. The number of rotatable bonds is 10. The molecular weight excluding hydrogens is 450 g/mol. The fraction of sp³-hybridized carbons (Fsp3) is 0.400. The lowest BCUT2D eigenvalue weighted by Gasteiger charge is -2.18. The van der Waals surface area contributed by atoms with Gasteiger partial charge in [-0.1, -0.05) is 29.5 Å². The molecule has 1 aliphatic heterocycles. The zero-order chi connectivity index (χ0) is 23.9. The van der Waals surface area contributed by atoms with E-state index >= 15 is 0 Å². The number of anilines is 2. The molecule has 0 saturated carbocycles. The van der Waals surface area contributed by atoms with Gasteiger partial charge in [-0.15, -0.1) is 10.2 Å². The zero-order valence-corrected chi connectivity index (χ0v) is 20.7. The van der Waals surface area contributed by atoms with Gasteiger partial charge in [0.05, 0.1) is 30.3 Å². The van der Waals surface area contributed by atoms with Crippen LogP contribution in [0.3, 0.4) is 0 Å². The molecule has 1 fully saturated rings. The lowest BCUT2D eigenvalue weighted by Crippen LogP contribution is -2.22. The number of carbonyl (C=O) groups excluding carboxylic acids is 1. The molecule has 0 unspecified atom stereocenters. The molecule has 0 spiro atoms. The van der Waals surface area contributed by atoms with Gasteiger partial charge in [0.25, 0.3) is 0 Å². The van der Waals surface area contributed by atoms with Gasteiger partial charge in [0, 0.05) is 19.2 Å². The number of thioether (sulfide) groups is 1. The van der Waals surface area contributed by atoms with E-state index in [0.29, 0.717) is 35.6 Å². The number of carbonyl (C=O) groups is 1. The summed E-state index contributed by atoms with van der Waals surface area (Å²) in [5, 5.41) is 12.6. The minimum absolute atomic E-state index is 0.152. The van der Waals surface area contributed by atoms with Crippen LogP contribution in [0.25, 0.3) is 5.69 Å². The van der Waals surface area contributed by atoms with Gasteiger partial charge in [-0.3, -0.25) is 9.36 Å². The standard InChI is InChI=1S/C25H31N5O3S/c1-4-32-20-12-13-22(33-5-2)21(16-20)26-23(31)17-34-25-28-27-24(29-14-6-7-15-29)30(25)19-10-8-18(3)9-11-19/h8-13,16H,4-7,14-15,17H2,1-3H3,(H,26,31). The summed E-state index contributed by atoms with van der Waals surface area (Å²) in [6, 6.07) is 13.7. The fourth-order valence-electron chi connectivity index (χ4n) is 3.86. The molecule has 180 valence electrons.